The highest BCUT2D eigenvalue weighted by molar-refractivity contribution is 5.97. The second-order valence-corrected chi connectivity index (χ2v) is 6.38. The Labute approximate surface area is 142 Å². The number of hydrogen-bond donors (Lipinski definition) is 1. The zero-order valence-electron chi connectivity index (χ0n) is 14.5. The quantitative estimate of drug-likeness (QED) is 0.862. The minimum Gasteiger partial charge on any atom is -0.402 e. The first-order valence-electron chi connectivity index (χ1n) is 8.42. The van der Waals surface area contributed by atoms with Crippen LogP contribution in [0.5, 0.6) is 0 Å². The van der Waals surface area contributed by atoms with E-state index in [1.165, 1.54) is 12.8 Å². The van der Waals surface area contributed by atoms with E-state index in [0.717, 1.165) is 23.3 Å². The third-order valence-corrected chi connectivity index (χ3v) is 4.38. The summed E-state index contributed by atoms with van der Waals surface area (Å²) < 4.78 is 2.02. The number of nitrogens with zero attached hydrogens (tertiary/aromatic N) is 3. The van der Waals surface area contributed by atoms with E-state index in [-0.39, 0.29) is 5.91 Å². The first-order chi connectivity index (χ1) is 11.5. The zero-order chi connectivity index (χ0) is 17.3. The number of nitrogens with two attached hydrogens (primary N) is 1. The van der Waals surface area contributed by atoms with Gasteiger partial charge in [0, 0.05) is 40.5 Å². The fraction of sp³-hybridized carbons (Fsp3) is 0.368. The van der Waals surface area contributed by atoms with Gasteiger partial charge < -0.3 is 5.73 Å². The molecule has 1 amide bonds. The minimum atomic E-state index is -0.0915. The summed E-state index contributed by atoms with van der Waals surface area (Å²) in [6.07, 6.45) is 15.1. The molecule has 1 aromatic rings. The molecule has 2 N–H and O–H groups in total. The number of amides is 1. The van der Waals surface area contributed by atoms with E-state index in [2.05, 4.69) is 18.2 Å². The molecule has 1 saturated carbocycles. The van der Waals surface area contributed by atoms with Crippen LogP contribution >= 0.6 is 0 Å². The van der Waals surface area contributed by atoms with Crippen LogP contribution in [0.3, 0.4) is 0 Å². The number of carbonyl (C=O) groups is 1. The van der Waals surface area contributed by atoms with Crippen molar-refractivity contribution in [3.05, 3.63) is 59.4 Å². The molecular formula is C19H24N4O. The Balaban J connectivity index is 1.94. The summed E-state index contributed by atoms with van der Waals surface area (Å²) in [6.45, 7) is 5.57. The van der Waals surface area contributed by atoms with Crippen molar-refractivity contribution in [2.75, 3.05) is 0 Å². The van der Waals surface area contributed by atoms with Gasteiger partial charge in [-0.25, -0.2) is 0 Å². The van der Waals surface area contributed by atoms with Gasteiger partial charge in [0.25, 0.3) is 5.91 Å². The number of allylic oxidation sites excluding steroid dienone is 5. The van der Waals surface area contributed by atoms with E-state index in [1.54, 1.807) is 18.7 Å². The molecular weight excluding hydrogens is 300 g/mol. The van der Waals surface area contributed by atoms with Crippen molar-refractivity contribution in [1.82, 2.24) is 14.7 Å². The molecule has 1 aliphatic carbocycles. The maximum absolute atomic E-state index is 12.8. The molecule has 2 aliphatic rings. The van der Waals surface area contributed by atoms with E-state index >= 15 is 0 Å². The monoisotopic (exact) mass is 324 g/mol. The molecule has 0 spiro atoms. The number of carbonyl (C=O) groups excluding carboxylic acids is 1. The van der Waals surface area contributed by atoms with Crippen molar-refractivity contribution in [3.63, 3.8) is 0 Å². The molecule has 0 saturated heterocycles. The molecule has 0 atom stereocenters. The predicted octanol–water partition coefficient (Wildman–Crippen LogP) is 3.50. The van der Waals surface area contributed by atoms with Crippen molar-refractivity contribution in [2.24, 2.45) is 5.73 Å². The third kappa shape index (κ3) is 3.20. The molecule has 0 aromatic carbocycles. The summed E-state index contributed by atoms with van der Waals surface area (Å²) in [5, 5.41) is 4.44. The second-order valence-electron chi connectivity index (χ2n) is 6.38. The molecule has 1 aromatic heterocycles. The highest BCUT2D eigenvalue weighted by atomic mass is 16.2. The van der Waals surface area contributed by atoms with Crippen LogP contribution in [0.1, 0.15) is 51.6 Å². The Morgan fingerprint density at radius 3 is 2.75 bits per heavy atom. The molecule has 2 heterocycles. The lowest BCUT2D eigenvalue weighted by Gasteiger charge is -2.25. The van der Waals surface area contributed by atoms with Crippen LogP contribution in [0.25, 0.3) is 5.57 Å². The molecule has 5 heteroatoms. The molecule has 5 nitrogen and oxygen atoms in total. The van der Waals surface area contributed by atoms with E-state index in [4.69, 9.17) is 5.73 Å². The number of rotatable bonds is 4. The molecule has 0 bridgehead atoms. The number of hydrogen-bond acceptors (Lipinski definition) is 3. The predicted molar refractivity (Wildman–Crippen MR) is 95.4 cm³/mol. The maximum Gasteiger partial charge on any atom is 0.259 e. The summed E-state index contributed by atoms with van der Waals surface area (Å²) in [5.41, 5.74) is 9.80. The Bertz CT molecular complexity index is 771. The Hall–Kier alpha value is -2.56. The smallest absolute Gasteiger partial charge is 0.259 e. The van der Waals surface area contributed by atoms with Gasteiger partial charge in [-0.1, -0.05) is 19.1 Å². The highest BCUT2D eigenvalue weighted by Gasteiger charge is 2.25. The lowest BCUT2D eigenvalue weighted by molar-refractivity contribution is -0.123. The van der Waals surface area contributed by atoms with Crippen molar-refractivity contribution in [2.45, 2.75) is 46.1 Å². The molecule has 1 fully saturated rings. The van der Waals surface area contributed by atoms with Crippen LogP contribution in [0.2, 0.25) is 0 Å². The van der Waals surface area contributed by atoms with Crippen LogP contribution < -0.4 is 5.73 Å². The summed E-state index contributed by atoms with van der Waals surface area (Å²) in [5.74, 6) is -0.0915. The van der Waals surface area contributed by atoms with Gasteiger partial charge >= 0.3 is 0 Å². The van der Waals surface area contributed by atoms with Crippen LogP contribution in [0.4, 0.5) is 0 Å². The normalized spacial score (nSPS) is 20.2. The molecule has 3 rings (SSSR count). The van der Waals surface area contributed by atoms with E-state index in [0.29, 0.717) is 17.3 Å². The fourth-order valence-electron chi connectivity index (χ4n) is 2.61. The van der Waals surface area contributed by atoms with Crippen molar-refractivity contribution in [1.29, 1.82) is 0 Å². The zero-order valence-corrected chi connectivity index (χ0v) is 14.5. The van der Waals surface area contributed by atoms with Gasteiger partial charge in [0.05, 0.1) is 12.2 Å². The summed E-state index contributed by atoms with van der Waals surface area (Å²) in [7, 11) is 0. The first-order valence-corrected chi connectivity index (χ1v) is 8.42. The fourth-order valence-corrected chi connectivity index (χ4v) is 2.61. The van der Waals surface area contributed by atoms with Crippen molar-refractivity contribution in [3.8, 4) is 0 Å². The lowest BCUT2D eigenvalue weighted by Crippen LogP contribution is -2.28. The maximum atomic E-state index is 12.8. The molecule has 126 valence electrons. The SMILES string of the molecule is CC/C=C1\C=CC(c2cnn(C3CC3)c2)=CN1C(=O)/C(C)=C(\C)N. The lowest BCUT2D eigenvalue weighted by atomic mass is 10.1. The van der Waals surface area contributed by atoms with E-state index < -0.39 is 0 Å². The molecule has 24 heavy (non-hydrogen) atoms. The molecule has 0 unspecified atom stereocenters. The summed E-state index contributed by atoms with van der Waals surface area (Å²) in [4.78, 5) is 14.5. The van der Waals surface area contributed by atoms with Gasteiger partial charge in [-0.15, -0.1) is 0 Å². The Kier molecular flexibility index (Phi) is 4.42. The minimum absolute atomic E-state index is 0.0915. The molecule has 0 radical (unpaired) electrons. The van der Waals surface area contributed by atoms with Gasteiger partial charge in [0.15, 0.2) is 0 Å². The largest absolute Gasteiger partial charge is 0.402 e. The van der Waals surface area contributed by atoms with E-state index in [1.807, 2.05) is 35.3 Å². The first kappa shape index (κ1) is 16.3. The average molecular weight is 324 g/mol. The summed E-state index contributed by atoms with van der Waals surface area (Å²) >= 11 is 0. The third-order valence-electron chi connectivity index (χ3n) is 4.38. The van der Waals surface area contributed by atoms with Gasteiger partial charge in [-0.05, 0) is 39.2 Å². The standard InChI is InChI=1S/C19H24N4O/c1-4-5-17-7-6-15(11-22(17)19(24)13(2)14(3)20)16-10-21-23(12-16)18-8-9-18/h5-7,10-12,18H,4,8-9,20H2,1-3H3/b14-13+,17-5+. The van der Waals surface area contributed by atoms with Gasteiger partial charge in [-0.2, -0.15) is 5.10 Å². The highest BCUT2D eigenvalue weighted by Crippen LogP contribution is 2.35. The molecule has 1 aliphatic heterocycles. The van der Waals surface area contributed by atoms with Gasteiger partial charge in [-0.3, -0.25) is 14.4 Å². The van der Waals surface area contributed by atoms with Gasteiger partial charge in [0.1, 0.15) is 0 Å². The van der Waals surface area contributed by atoms with Gasteiger partial charge in [0.2, 0.25) is 0 Å². The number of aromatic nitrogens is 2. The van der Waals surface area contributed by atoms with Crippen LogP contribution in [0.15, 0.2) is 53.8 Å². The van der Waals surface area contributed by atoms with Crippen LogP contribution in [-0.4, -0.2) is 20.6 Å². The Morgan fingerprint density at radius 1 is 1.38 bits per heavy atom. The second kappa shape index (κ2) is 6.51. The van der Waals surface area contributed by atoms with Crippen molar-refractivity contribution >= 4 is 11.5 Å². The van der Waals surface area contributed by atoms with Crippen LogP contribution in [-0.2, 0) is 4.79 Å². The summed E-state index contributed by atoms with van der Waals surface area (Å²) in [6, 6.07) is 0.547. The topological polar surface area (TPSA) is 64.2 Å². The van der Waals surface area contributed by atoms with E-state index in [9.17, 15) is 4.79 Å². The van der Waals surface area contributed by atoms with Crippen molar-refractivity contribution < 1.29 is 4.79 Å². The van der Waals surface area contributed by atoms with Crippen LogP contribution in [0, 0.1) is 0 Å². The average Bonchev–Trinajstić information content (AvgIpc) is 3.31. The Morgan fingerprint density at radius 2 is 2.12 bits per heavy atom.